The highest BCUT2D eigenvalue weighted by Crippen LogP contribution is 2.39. The molecule has 0 saturated heterocycles. The van der Waals surface area contributed by atoms with Crippen LogP contribution < -0.4 is 5.32 Å². The lowest BCUT2D eigenvalue weighted by atomic mass is 9.95. The standard InChI is InChI=1S/C23H19N3O4S2/c27-20(14-5-3-9-24-11-14)26-22-19(16-6-1-2-7-17(16)32-22)23(28)30-13-15-12-29-21(25-15)18-8-4-10-31-18/h3-5,8-12H,1-2,6-7,13H2,(H,26,27). The quantitative estimate of drug-likeness (QED) is 0.386. The molecule has 1 N–H and O–H groups in total. The van der Waals surface area contributed by atoms with Crippen molar-refractivity contribution >= 4 is 39.6 Å². The zero-order valence-electron chi connectivity index (χ0n) is 17.0. The Kier molecular flexibility index (Phi) is 5.83. The summed E-state index contributed by atoms with van der Waals surface area (Å²) < 4.78 is 11.1. The molecule has 0 spiro atoms. The summed E-state index contributed by atoms with van der Waals surface area (Å²) in [5.41, 5.74) is 2.39. The molecule has 0 bridgehead atoms. The average Bonchev–Trinajstić information content (AvgIpc) is 3.57. The van der Waals surface area contributed by atoms with Gasteiger partial charge in [-0.25, -0.2) is 9.78 Å². The highest BCUT2D eigenvalue weighted by atomic mass is 32.1. The Morgan fingerprint density at radius 3 is 2.91 bits per heavy atom. The van der Waals surface area contributed by atoms with E-state index in [0.717, 1.165) is 41.0 Å². The van der Waals surface area contributed by atoms with Gasteiger partial charge in [0, 0.05) is 17.3 Å². The van der Waals surface area contributed by atoms with Gasteiger partial charge in [-0.15, -0.1) is 22.7 Å². The van der Waals surface area contributed by atoms with Crippen molar-refractivity contribution in [1.29, 1.82) is 0 Å². The number of esters is 1. The smallest absolute Gasteiger partial charge is 0.341 e. The fourth-order valence-electron chi connectivity index (χ4n) is 3.64. The van der Waals surface area contributed by atoms with E-state index in [2.05, 4.69) is 15.3 Å². The van der Waals surface area contributed by atoms with Crippen LogP contribution in [0.2, 0.25) is 0 Å². The van der Waals surface area contributed by atoms with E-state index < -0.39 is 5.97 Å². The van der Waals surface area contributed by atoms with E-state index in [1.807, 2.05) is 17.5 Å². The fourth-order valence-corrected chi connectivity index (χ4v) is 5.57. The summed E-state index contributed by atoms with van der Waals surface area (Å²) in [6, 6.07) is 7.22. The van der Waals surface area contributed by atoms with Gasteiger partial charge in [0.15, 0.2) is 0 Å². The number of anilines is 1. The fraction of sp³-hybridized carbons (Fsp3) is 0.217. The minimum absolute atomic E-state index is 0.00563. The monoisotopic (exact) mass is 465 g/mol. The van der Waals surface area contributed by atoms with Gasteiger partial charge in [0.1, 0.15) is 23.6 Å². The summed E-state index contributed by atoms with van der Waals surface area (Å²) in [5, 5.41) is 5.36. The maximum absolute atomic E-state index is 13.1. The molecule has 162 valence electrons. The first-order valence-corrected chi connectivity index (χ1v) is 11.9. The summed E-state index contributed by atoms with van der Waals surface area (Å²) in [6.45, 7) is -0.00563. The van der Waals surface area contributed by atoms with Crippen molar-refractivity contribution in [3.8, 4) is 10.8 Å². The number of nitrogens with zero attached hydrogens (tertiary/aromatic N) is 2. The first-order valence-electron chi connectivity index (χ1n) is 10.2. The van der Waals surface area contributed by atoms with E-state index in [-0.39, 0.29) is 12.5 Å². The molecule has 4 heterocycles. The number of carbonyl (C=O) groups is 2. The molecule has 32 heavy (non-hydrogen) atoms. The van der Waals surface area contributed by atoms with Crippen LogP contribution in [0, 0.1) is 0 Å². The third-order valence-electron chi connectivity index (χ3n) is 5.16. The number of fused-ring (bicyclic) bond motifs is 1. The lowest BCUT2D eigenvalue weighted by molar-refractivity contribution is 0.0468. The number of amides is 1. The van der Waals surface area contributed by atoms with Crippen LogP contribution in [-0.4, -0.2) is 21.8 Å². The van der Waals surface area contributed by atoms with Crippen molar-refractivity contribution < 1.29 is 18.7 Å². The number of ether oxygens (including phenoxy) is 1. The number of hydrogen-bond donors (Lipinski definition) is 1. The highest BCUT2D eigenvalue weighted by molar-refractivity contribution is 7.17. The minimum Gasteiger partial charge on any atom is -0.455 e. The normalized spacial score (nSPS) is 12.9. The molecule has 1 aliphatic carbocycles. The van der Waals surface area contributed by atoms with Crippen molar-refractivity contribution in [2.75, 3.05) is 5.32 Å². The maximum Gasteiger partial charge on any atom is 0.341 e. The average molecular weight is 466 g/mol. The van der Waals surface area contributed by atoms with Crippen LogP contribution in [0.15, 0.2) is 52.7 Å². The van der Waals surface area contributed by atoms with E-state index in [4.69, 9.17) is 9.15 Å². The van der Waals surface area contributed by atoms with Gasteiger partial charge in [-0.3, -0.25) is 9.78 Å². The Morgan fingerprint density at radius 2 is 2.09 bits per heavy atom. The number of hydrogen-bond acceptors (Lipinski definition) is 8. The summed E-state index contributed by atoms with van der Waals surface area (Å²) in [4.78, 5) is 36.2. The van der Waals surface area contributed by atoms with Gasteiger partial charge in [0.25, 0.3) is 5.91 Å². The Balaban J connectivity index is 1.35. The molecule has 7 nitrogen and oxygen atoms in total. The molecule has 4 aromatic heterocycles. The molecular formula is C23H19N3O4S2. The first-order chi connectivity index (χ1) is 15.7. The number of rotatable bonds is 6. The van der Waals surface area contributed by atoms with Gasteiger partial charge < -0.3 is 14.5 Å². The lowest BCUT2D eigenvalue weighted by Crippen LogP contribution is -2.16. The van der Waals surface area contributed by atoms with Gasteiger partial charge in [0.2, 0.25) is 5.89 Å². The zero-order valence-corrected chi connectivity index (χ0v) is 18.6. The third kappa shape index (κ3) is 4.21. The van der Waals surface area contributed by atoms with E-state index in [1.54, 1.807) is 18.3 Å². The molecule has 0 aromatic carbocycles. The lowest BCUT2D eigenvalue weighted by Gasteiger charge is -2.12. The van der Waals surface area contributed by atoms with Crippen LogP contribution in [0.3, 0.4) is 0 Å². The molecule has 9 heteroatoms. The zero-order chi connectivity index (χ0) is 21.9. The molecule has 5 rings (SSSR count). The van der Waals surface area contributed by atoms with Gasteiger partial charge >= 0.3 is 5.97 Å². The van der Waals surface area contributed by atoms with Crippen LogP contribution in [0.5, 0.6) is 0 Å². The van der Waals surface area contributed by atoms with Crippen LogP contribution in [0.1, 0.15) is 49.7 Å². The van der Waals surface area contributed by atoms with Crippen molar-refractivity contribution in [2.45, 2.75) is 32.3 Å². The number of aromatic nitrogens is 2. The Labute approximate surface area is 192 Å². The molecule has 4 aromatic rings. The Morgan fingerprint density at radius 1 is 1.19 bits per heavy atom. The number of pyridine rings is 1. The molecule has 0 atom stereocenters. The summed E-state index contributed by atoms with van der Waals surface area (Å²) >= 11 is 2.98. The van der Waals surface area contributed by atoms with E-state index >= 15 is 0 Å². The molecule has 0 aliphatic heterocycles. The van der Waals surface area contributed by atoms with E-state index in [1.165, 1.54) is 35.1 Å². The Bertz CT molecular complexity index is 1250. The van der Waals surface area contributed by atoms with Crippen LogP contribution in [0.25, 0.3) is 10.8 Å². The number of nitrogens with one attached hydrogen (secondary N) is 1. The molecule has 1 aliphatic rings. The second kappa shape index (κ2) is 9.05. The SMILES string of the molecule is O=C(Nc1sc2c(c1C(=O)OCc1coc(-c3cccs3)n1)CCCC2)c1cccnc1. The maximum atomic E-state index is 13.1. The minimum atomic E-state index is -0.466. The molecule has 0 unspecified atom stereocenters. The van der Waals surface area contributed by atoms with Gasteiger partial charge in [-0.2, -0.15) is 0 Å². The van der Waals surface area contributed by atoms with Gasteiger partial charge in [-0.1, -0.05) is 6.07 Å². The number of oxazole rings is 1. The van der Waals surface area contributed by atoms with Crippen molar-refractivity contribution in [2.24, 2.45) is 0 Å². The first kappa shape index (κ1) is 20.6. The summed E-state index contributed by atoms with van der Waals surface area (Å²) in [6.07, 6.45) is 8.38. The number of thiophene rings is 2. The molecular weight excluding hydrogens is 446 g/mol. The highest BCUT2D eigenvalue weighted by Gasteiger charge is 2.28. The van der Waals surface area contributed by atoms with Crippen LogP contribution in [-0.2, 0) is 24.2 Å². The van der Waals surface area contributed by atoms with Crippen LogP contribution in [0.4, 0.5) is 5.00 Å². The van der Waals surface area contributed by atoms with Crippen molar-refractivity contribution in [3.05, 3.63) is 75.6 Å². The van der Waals surface area contributed by atoms with Gasteiger partial charge in [0.05, 0.1) is 16.0 Å². The van der Waals surface area contributed by atoms with Crippen molar-refractivity contribution in [3.63, 3.8) is 0 Å². The predicted molar refractivity (Wildman–Crippen MR) is 122 cm³/mol. The largest absolute Gasteiger partial charge is 0.455 e. The van der Waals surface area contributed by atoms with Gasteiger partial charge in [-0.05, 0) is 54.8 Å². The second-order valence-corrected chi connectivity index (χ2v) is 9.36. The third-order valence-corrected chi connectivity index (χ3v) is 7.23. The summed E-state index contributed by atoms with van der Waals surface area (Å²) in [5.74, 6) is -0.266. The number of aryl methyl sites for hydroxylation is 1. The van der Waals surface area contributed by atoms with E-state index in [9.17, 15) is 9.59 Å². The van der Waals surface area contributed by atoms with Crippen molar-refractivity contribution in [1.82, 2.24) is 9.97 Å². The predicted octanol–water partition coefficient (Wildman–Crippen LogP) is 5.35. The molecule has 1 amide bonds. The summed E-state index contributed by atoms with van der Waals surface area (Å²) in [7, 11) is 0. The second-order valence-electron chi connectivity index (χ2n) is 7.31. The molecule has 0 fully saturated rings. The topological polar surface area (TPSA) is 94.3 Å². The van der Waals surface area contributed by atoms with Crippen LogP contribution >= 0.6 is 22.7 Å². The number of carbonyl (C=O) groups excluding carboxylic acids is 2. The molecule has 0 radical (unpaired) electrons. The Hall–Kier alpha value is -3.30. The molecule has 0 saturated carbocycles. The van der Waals surface area contributed by atoms with E-state index in [0.29, 0.717) is 27.7 Å².